The molecule has 0 aliphatic heterocycles. The molecule has 17 heavy (non-hydrogen) atoms. The van der Waals surface area contributed by atoms with Crippen LogP contribution in [0.25, 0.3) is 0 Å². The molecule has 1 amide bonds. The van der Waals surface area contributed by atoms with Crippen molar-refractivity contribution in [3.05, 3.63) is 54.4 Å². The Labute approximate surface area is 97.7 Å². The van der Waals surface area contributed by atoms with Gasteiger partial charge in [0.05, 0.1) is 5.57 Å². The normalized spacial score (nSPS) is 13.5. The zero-order chi connectivity index (χ0) is 12.7. The van der Waals surface area contributed by atoms with Crippen molar-refractivity contribution < 1.29 is 14.4 Å². The minimum Gasteiger partial charge on any atom is -0.365 e. The van der Waals surface area contributed by atoms with Gasteiger partial charge in [-0.2, -0.15) is 0 Å². The molecule has 1 aromatic rings. The summed E-state index contributed by atoms with van der Waals surface area (Å²) < 4.78 is 0. The average Bonchev–Trinajstić information content (AvgIpc) is 2.35. The molecule has 1 aliphatic carbocycles. The van der Waals surface area contributed by atoms with Gasteiger partial charge in [-0.15, -0.1) is 0 Å². The summed E-state index contributed by atoms with van der Waals surface area (Å²) in [6.45, 7) is 0. The standard InChI is InChI=1S/C7H5NO3.C5H5N/c8-7(11)5-3-4(9)1-2-6(5)10;1-2-4-6-5-3-1/h1-3H,(H2,8,11);1-5H. The highest BCUT2D eigenvalue weighted by molar-refractivity contribution is 6.29. The second-order valence-electron chi connectivity index (χ2n) is 3.05. The van der Waals surface area contributed by atoms with Crippen molar-refractivity contribution >= 4 is 17.5 Å². The van der Waals surface area contributed by atoms with Gasteiger partial charge in [-0.25, -0.2) is 0 Å². The van der Waals surface area contributed by atoms with Crippen molar-refractivity contribution in [3.8, 4) is 0 Å². The van der Waals surface area contributed by atoms with Crippen molar-refractivity contribution in [2.24, 2.45) is 5.73 Å². The third kappa shape index (κ3) is 4.21. The van der Waals surface area contributed by atoms with Gasteiger partial charge in [-0.1, -0.05) is 6.07 Å². The zero-order valence-electron chi connectivity index (χ0n) is 8.87. The molecular formula is C12H10N2O3. The van der Waals surface area contributed by atoms with Crippen LogP contribution in [-0.2, 0) is 14.4 Å². The Morgan fingerprint density at radius 1 is 1.06 bits per heavy atom. The molecule has 86 valence electrons. The molecule has 0 saturated carbocycles. The summed E-state index contributed by atoms with van der Waals surface area (Å²) in [7, 11) is 0. The van der Waals surface area contributed by atoms with E-state index >= 15 is 0 Å². The minimum absolute atomic E-state index is 0.252. The Kier molecular flexibility index (Phi) is 4.50. The number of hydrogen-bond donors (Lipinski definition) is 1. The monoisotopic (exact) mass is 230 g/mol. The van der Waals surface area contributed by atoms with Crippen molar-refractivity contribution in [3.63, 3.8) is 0 Å². The van der Waals surface area contributed by atoms with E-state index in [0.29, 0.717) is 0 Å². The van der Waals surface area contributed by atoms with Gasteiger partial charge in [0.15, 0.2) is 11.6 Å². The van der Waals surface area contributed by atoms with Crippen LogP contribution in [0.4, 0.5) is 0 Å². The maximum absolute atomic E-state index is 10.8. The number of carbonyl (C=O) groups is 3. The van der Waals surface area contributed by atoms with E-state index in [1.54, 1.807) is 12.4 Å². The molecule has 0 fully saturated rings. The van der Waals surface area contributed by atoms with Crippen molar-refractivity contribution in [2.45, 2.75) is 0 Å². The molecule has 5 nitrogen and oxygen atoms in total. The lowest BCUT2D eigenvalue weighted by atomic mass is 10.0. The molecular weight excluding hydrogens is 220 g/mol. The summed E-state index contributed by atoms with van der Waals surface area (Å²) in [5, 5.41) is 0. The Balaban J connectivity index is 0.000000202. The van der Waals surface area contributed by atoms with Gasteiger partial charge in [0, 0.05) is 18.5 Å². The molecule has 0 radical (unpaired) electrons. The van der Waals surface area contributed by atoms with Crippen molar-refractivity contribution in [1.82, 2.24) is 4.98 Å². The molecule has 1 aromatic heterocycles. The molecule has 0 atom stereocenters. The van der Waals surface area contributed by atoms with E-state index in [9.17, 15) is 14.4 Å². The Morgan fingerprint density at radius 3 is 2.06 bits per heavy atom. The number of primary amides is 1. The quantitative estimate of drug-likeness (QED) is 0.550. The number of allylic oxidation sites excluding steroid dienone is 3. The van der Waals surface area contributed by atoms with Gasteiger partial charge < -0.3 is 5.73 Å². The van der Waals surface area contributed by atoms with Crippen LogP contribution >= 0.6 is 0 Å². The lowest BCUT2D eigenvalue weighted by molar-refractivity contribution is -0.120. The maximum atomic E-state index is 10.8. The molecule has 0 aromatic carbocycles. The minimum atomic E-state index is -0.868. The van der Waals surface area contributed by atoms with E-state index < -0.39 is 17.5 Å². The number of hydrogen-bond acceptors (Lipinski definition) is 4. The van der Waals surface area contributed by atoms with Crippen LogP contribution in [0.15, 0.2) is 54.4 Å². The zero-order valence-corrected chi connectivity index (χ0v) is 8.87. The fourth-order valence-electron chi connectivity index (χ4n) is 1.01. The number of nitrogens with two attached hydrogens (primary N) is 1. The van der Waals surface area contributed by atoms with Crippen LogP contribution in [-0.4, -0.2) is 22.5 Å². The van der Waals surface area contributed by atoms with Gasteiger partial charge in [-0.3, -0.25) is 19.4 Å². The fraction of sp³-hybridized carbons (Fsp3) is 0. The Bertz CT molecular complexity index is 463. The van der Waals surface area contributed by atoms with E-state index in [0.717, 1.165) is 18.2 Å². The van der Waals surface area contributed by atoms with E-state index in [-0.39, 0.29) is 5.57 Å². The highest BCUT2D eigenvalue weighted by Gasteiger charge is 2.17. The van der Waals surface area contributed by atoms with Crippen LogP contribution in [0, 0.1) is 0 Å². The molecule has 1 aliphatic rings. The number of pyridine rings is 1. The smallest absolute Gasteiger partial charge is 0.252 e. The number of carbonyl (C=O) groups excluding carboxylic acids is 3. The largest absolute Gasteiger partial charge is 0.365 e. The summed E-state index contributed by atoms with van der Waals surface area (Å²) in [5.41, 5.74) is 4.55. The molecule has 2 N–H and O–H groups in total. The summed E-state index contributed by atoms with van der Waals surface area (Å²) >= 11 is 0. The Morgan fingerprint density at radius 2 is 1.71 bits per heavy atom. The van der Waals surface area contributed by atoms with Crippen molar-refractivity contribution in [1.29, 1.82) is 0 Å². The SMILES string of the molecule is NC(=O)C1=CC(=O)C=CC1=O.c1ccncc1. The van der Waals surface area contributed by atoms with Crippen LogP contribution in [0.3, 0.4) is 0 Å². The summed E-state index contributed by atoms with van der Waals surface area (Å²) in [6, 6.07) is 5.72. The molecule has 1 heterocycles. The summed E-state index contributed by atoms with van der Waals surface area (Å²) in [5.74, 6) is -1.77. The first kappa shape index (κ1) is 12.5. The second-order valence-corrected chi connectivity index (χ2v) is 3.05. The number of amides is 1. The average molecular weight is 230 g/mol. The molecule has 0 bridgehead atoms. The highest BCUT2D eigenvalue weighted by atomic mass is 16.2. The second kappa shape index (κ2) is 6.12. The van der Waals surface area contributed by atoms with E-state index in [1.165, 1.54) is 0 Å². The van der Waals surface area contributed by atoms with Gasteiger partial charge in [0.25, 0.3) is 5.91 Å². The van der Waals surface area contributed by atoms with E-state index in [4.69, 9.17) is 5.73 Å². The molecule has 0 saturated heterocycles. The first-order valence-electron chi connectivity index (χ1n) is 4.74. The van der Waals surface area contributed by atoms with Crippen LogP contribution in [0.1, 0.15) is 0 Å². The lowest BCUT2D eigenvalue weighted by Crippen LogP contribution is -2.22. The number of rotatable bonds is 1. The van der Waals surface area contributed by atoms with Gasteiger partial charge in [0.2, 0.25) is 0 Å². The van der Waals surface area contributed by atoms with Crippen LogP contribution < -0.4 is 5.73 Å². The van der Waals surface area contributed by atoms with Crippen molar-refractivity contribution in [2.75, 3.05) is 0 Å². The third-order valence-corrected chi connectivity index (χ3v) is 1.78. The fourth-order valence-corrected chi connectivity index (χ4v) is 1.01. The first-order chi connectivity index (χ1) is 8.11. The number of aromatic nitrogens is 1. The number of ketones is 2. The van der Waals surface area contributed by atoms with Gasteiger partial charge in [-0.05, 0) is 24.3 Å². The third-order valence-electron chi connectivity index (χ3n) is 1.78. The predicted molar refractivity (Wildman–Crippen MR) is 60.7 cm³/mol. The molecule has 0 unspecified atom stereocenters. The Hall–Kier alpha value is -2.56. The van der Waals surface area contributed by atoms with E-state index in [2.05, 4.69) is 4.98 Å². The first-order valence-corrected chi connectivity index (χ1v) is 4.74. The summed E-state index contributed by atoms with van der Waals surface area (Å²) in [6.07, 6.45) is 6.56. The topological polar surface area (TPSA) is 90.1 Å². The maximum Gasteiger partial charge on any atom is 0.252 e. The molecule has 2 rings (SSSR count). The highest BCUT2D eigenvalue weighted by Crippen LogP contribution is 2.03. The molecule has 5 heteroatoms. The number of nitrogens with zero attached hydrogens (tertiary/aromatic N) is 1. The van der Waals surface area contributed by atoms with Gasteiger partial charge in [0.1, 0.15) is 0 Å². The van der Waals surface area contributed by atoms with Gasteiger partial charge >= 0.3 is 0 Å². The van der Waals surface area contributed by atoms with Crippen LogP contribution in [0.2, 0.25) is 0 Å². The summed E-state index contributed by atoms with van der Waals surface area (Å²) in [4.78, 5) is 35.6. The van der Waals surface area contributed by atoms with Crippen LogP contribution in [0.5, 0.6) is 0 Å². The van der Waals surface area contributed by atoms with E-state index in [1.807, 2.05) is 18.2 Å². The molecule has 0 spiro atoms. The predicted octanol–water partition coefficient (Wildman–Crippen LogP) is 0.188. The lowest BCUT2D eigenvalue weighted by Gasteiger charge is -2.00.